The van der Waals surface area contributed by atoms with E-state index in [1.165, 1.54) is 4.57 Å². The molecule has 168 valence electrons. The molecule has 7 nitrogen and oxygen atoms in total. The molecule has 0 spiro atoms. The number of hydrogen-bond donors (Lipinski definition) is 0. The third kappa shape index (κ3) is 4.47. The molecule has 4 rings (SSSR count). The molecule has 1 aromatic heterocycles. The minimum absolute atomic E-state index is 0.0201. The molecule has 0 saturated carbocycles. The predicted molar refractivity (Wildman–Crippen MR) is 126 cm³/mol. The standard InChI is InChI=1S/C24H27N3O4S/c1-16(2)25-10-12-26(13-11-25)22(28)15-27-20-9-6-18(14-21(20)32-24(27)30)23(29)17-4-7-19(31-3)8-5-17/h4-9,14,16H,10-13,15H2,1-3H3. The van der Waals surface area contributed by atoms with Gasteiger partial charge >= 0.3 is 4.87 Å². The number of thiazole rings is 1. The molecule has 2 aromatic carbocycles. The highest BCUT2D eigenvalue weighted by molar-refractivity contribution is 7.16. The fraction of sp³-hybridized carbons (Fsp3) is 0.375. The highest BCUT2D eigenvalue weighted by Crippen LogP contribution is 2.22. The van der Waals surface area contributed by atoms with Crippen LogP contribution in [0, 0.1) is 0 Å². The number of aromatic nitrogens is 1. The second kappa shape index (κ2) is 9.26. The minimum atomic E-state index is -0.191. The number of carbonyl (C=O) groups is 2. The van der Waals surface area contributed by atoms with Crippen LogP contribution in [0.2, 0.25) is 0 Å². The monoisotopic (exact) mass is 453 g/mol. The Kier molecular flexibility index (Phi) is 6.43. The Balaban J connectivity index is 1.52. The van der Waals surface area contributed by atoms with E-state index in [0.29, 0.717) is 46.2 Å². The molecule has 8 heteroatoms. The van der Waals surface area contributed by atoms with Gasteiger partial charge in [0.15, 0.2) is 5.78 Å². The maximum absolute atomic E-state index is 12.9. The topological polar surface area (TPSA) is 71.8 Å². The van der Waals surface area contributed by atoms with Gasteiger partial charge in [0.1, 0.15) is 12.3 Å². The lowest BCUT2D eigenvalue weighted by atomic mass is 10.0. The zero-order chi connectivity index (χ0) is 22.8. The summed E-state index contributed by atoms with van der Waals surface area (Å²) in [6.45, 7) is 7.37. The summed E-state index contributed by atoms with van der Waals surface area (Å²) in [5.74, 6) is 0.511. The molecule has 0 atom stereocenters. The van der Waals surface area contributed by atoms with Crippen molar-refractivity contribution in [2.45, 2.75) is 26.4 Å². The highest BCUT2D eigenvalue weighted by atomic mass is 32.1. The maximum atomic E-state index is 12.9. The Hall–Kier alpha value is -2.97. The SMILES string of the molecule is COc1ccc(C(=O)c2ccc3c(c2)sc(=O)n3CC(=O)N2CCN(C(C)C)CC2)cc1. The summed E-state index contributed by atoms with van der Waals surface area (Å²) in [6, 6.07) is 12.6. The summed E-state index contributed by atoms with van der Waals surface area (Å²) in [5.41, 5.74) is 1.74. The summed E-state index contributed by atoms with van der Waals surface area (Å²) in [7, 11) is 1.58. The Labute approximate surface area is 190 Å². The van der Waals surface area contributed by atoms with E-state index in [0.717, 1.165) is 24.4 Å². The van der Waals surface area contributed by atoms with Crippen molar-refractivity contribution in [3.63, 3.8) is 0 Å². The van der Waals surface area contributed by atoms with Crippen LogP contribution in [0.5, 0.6) is 5.75 Å². The summed E-state index contributed by atoms with van der Waals surface area (Å²) in [4.78, 5) is 42.3. The van der Waals surface area contributed by atoms with Crippen molar-refractivity contribution in [2.75, 3.05) is 33.3 Å². The smallest absolute Gasteiger partial charge is 0.308 e. The van der Waals surface area contributed by atoms with Gasteiger partial charge in [-0.2, -0.15) is 0 Å². The lowest BCUT2D eigenvalue weighted by Gasteiger charge is -2.37. The molecule has 1 amide bonds. The molecule has 1 fully saturated rings. The van der Waals surface area contributed by atoms with Gasteiger partial charge < -0.3 is 9.64 Å². The van der Waals surface area contributed by atoms with E-state index >= 15 is 0 Å². The molecule has 0 aliphatic carbocycles. The van der Waals surface area contributed by atoms with Crippen LogP contribution >= 0.6 is 11.3 Å². The van der Waals surface area contributed by atoms with Gasteiger partial charge in [0, 0.05) is 43.3 Å². The van der Waals surface area contributed by atoms with Gasteiger partial charge in [0.25, 0.3) is 0 Å². The zero-order valence-electron chi connectivity index (χ0n) is 18.5. The number of ether oxygens (including phenoxy) is 1. The van der Waals surface area contributed by atoms with Crippen molar-refractivity contribution in [1.82, 2.24) is 14.4 Å². The van der Waals surface area contributed by atoms with Crippen molar-refractivity contribution < 1.29 is 14.3 Å². The van der Waals surface area contributed by atoms with Gasteiger partial charge in [-0.25, -0.2) is 0 Å². The first kappa shape index (κ1) is 22.2. The molecule has 32 heavy (non-hydrogen) atoms. The number of hydrogen-bond acceptors (Lipinski definition) is 6. The quantitative estimate of drug-likeness (QED) is 0.537. The van der Waals surface area contributed by atoms with Crippen LogP contribution in [0.4, 0.5) is 0 Å². The molecule has 0 radical (unpaired) electrons. The Bertz CT molecular complexity index is 1190. The number of piperazine rings is 1. The normalized spacial score (nSPS) is 14.8. The van der Waals surface area contributed by atoms with Crippen molar-refractivity contribution in [3.05, 3.63) is 63.3 Å². The van der Waals surface area contributed by atoms with Crippen LogP contribution in [0.3, 0.4) is 0 Å². The van der Waals surface area contributed by atoms with Gasteiger partial charge in [-0.05, 0) is 56.3 Å². The van der Waals surface area contributed by atoms with Gasteiger partial charge in [0.2, 0.25) is 5.91 Å². The number of carbonyl (C=O) groups excluding carboxylic acids is 2. The lowest BCUT2D eigenvalue weighted by molar-refractivity contribution is -0.133. The summed E-state index contributed by atoms with van der Waals surface area (Å²) in [5, 5.41) is 0. The number of nitrogens with zero attached hydrogens (tertiary/aromatic N) is 3. The highest BCUT2D eigenvalue weighted by Gasteiger charge is 2.23. The van der Waals surface area contributed by atoms with E-state index in [9.17, 15) is 14.4 Å². The molecule has 0 N–H and O–H groups in total. The second-order valence-electron chi connectivity index (χ2n) is 8.20. The van der Waals surface area contributed by atoms with E-state index in [4.69, 9.17) is 4.74 Å². The van der Waals surface area contributed by atoms with E-state index in [2.05, 4.69) is 18.7 Å². The fourth-order valence-electron chi connectivity index (χ4n) is 3.99. The Morgan fingerprint density at radius 1 is 1.00 bits per heavy atom. The average Bonchev–Trinajstić information content (AvgIpc) is 3.12. The average molecular weight is 454 g/mol. The van der Waals surface area contributed by atoms with Crippen LogP contribution < -0.4 is 9.61 Å². The van der Waals surface area contributed by atoms with Crippen molar-refractivity contribution in [1.29, 1.82) is 0 Å². The van der Waals surface area contributed by atoms with Crippen molar-refractivity contribution >= 4 is 33.2 Å². The molecule has 1 aliphatic rings. The van der Waals surface area contributed by atoms with Gasteiger partial charge in [-0.1, -0.05) is 11.3 Å². The number of methoxy groups -OCH3 is 1. The number of ketones is 1. The van der Waals surface area contributed by atoms with E-state index in [1.807, 2.05) is 4.90 Å². The molecular formula is C24H27N3O4S. The number of benzene rings is 2. The first-order valence-electron chi connectivity index (χ1n) is 10.7. The van der Waals surface area contributed by atoms with E-state index < -0.39 is 0 Å². The third-order valence-electron chi connectivity index (χ3n) is 5.97. The van der Waals surface area contributed by atoms with Crippen LogP contribution in [0.1, 0.15) is 29.8 Å². The van der Waals surface area contributed by atoms with Crippen molar-refractivity contribution in [2.24, 2.45) is 0 Å². The molecule has 0 unspecified atom stereocenters. The molecule has 3 aromatic rings. The number of fused-ring (bicyclic) bond motifs is 1. The van der Waals surface area contributed by atoms with Gasteiger partial charge in [0.05, 0.1) is 17.3 Å². The maximum Gasteiger partial charge on any atom is 0.308 e. The van der Waals surface area contributed by atoms with E-state index in [1.54, 1.807) is 49.6 Å². The summed E-state index contributed by atoms with van der Waals surface area (Å²) < 4.78 is 7.35. The molecule has 1 aliphatic heterocycles. The van der Waals surface area contributed by atoms with Crippen LogP contribution in [0.25, 0.3) is 10.2 Å². The van der Waals surface area contributed by atoms with Crippen LogP contribution in [0.15, 0.2) is 47.3 Å². The minimum Gasteiger partial charge on any atom is -0.497 e. The van der Waals surface area contributed by atoms with Gasteiger partial charge in [-0.15, -0.1) is 0 Å². The van der Waals surface area contributed by atoms with Gasteiger partial charge in [-0.3, -0.25) is 23.9 Å². The number of rotatable bonds is 6. The molecule has 2 heterocycles. The fourth-order valence-corrected chi connectivity index (χ4v) is 4.92. The molecule has 1 saturated heterocycles. The lowest BCUT2D eigenvalue weighted by Crippen LogP contribution is -2.51. The first-order valence-corrected chi connectivity index (χ1v) is 11.5. The first-order chi connectivity index (χ1) is 15.4. The van der Waals surface area contributed by atoms with Crippen molar-refractivity contribution in [3.8, 4) is 5.75 Å². The summed E-state index contributed by atoms with van der Waals surface area (Å²) in [6.07, 6.45) is 0. The van der Waals surface area contributed by atoms with Crippen LogP contribution in [-0.4, -0.2) is 65.4 Å². The summed E-state index contributed by atoms with van der Waals surface area (Å²) >= 11 is 1.06. The second-order valence-corrected chi connectivity index (χ2v) is 9.20. The Morgan fingerprint density at radius 2 is 1.66 bits per heavy atom. The van der Waals surface area contributed by atoms with E-state index in [-0.39, 0.29) is 23.1 Å². The molecular weight excluding hydrogens is 426 g/mol. The van der Waals surface area contributed by atoms with Crippen LogP contribution in [-0.2, 0) is 11.3 Å². The zero-order valence-corrected chi connectivity index (χ0v) is 19.4. The predicted octanol–water partition coefficient (Wildman–Crippen LogP) is 2.86. The Morgan fingerprint density at radius 3 is 2.28 bits per heavy atom. The largest absolute Gasteiger partial charge is 0.497 e. The number of amides is 1. The third-order valence-corrected chi connectivity index (χ3v) is 6.92. The molecule has 0 bridgehead atoms.